The summed E-state index contributed by atoms with van der Waals surface area (Å²) in [5.41, 5.74) is 7.44. The fraction of sp³-hybridized carbons (Fsp3) is 0.368. The molecule has 2 aromatic rings. The molecule has 140 valence electrons. The van der Waals surface area contributed by atoms with Crippen LogP contribution >= 0.6 is 0 Å². The number of rotatable bonds is 4. The molecule has 0 bridgehead atoms. The average molecular weight is 366 g/mol. The third kappa shape index (κ3) is 3.30. The lowest BCUT2D eigenvalue weighted by molar-refractivity contribution is 0.100. The summed E-state index contributed by atoms with van der Waals surface area (Å²) in [5.74, 6) is 0.244. The minimum atomic E-state index is -0.585. The predicted octanol–water partition coefficient (Wildman–Crippen LogP) is 2.47. The Balaban J connectivity index is 1.70. The van der Waals surface area contributed by atoms with E-state index in [0.29, 0.717) is 17.3 Å². The van der Waals surface area contributed by atoms with Gasteiger partial charge in [0.1, 0.15) is 11.6 Å². The first-order valence-electron chi connectivity index (χ1n) is 9.12. The molecule has 1 aliphatic heterocycles. The van der Waals surface area contributed by atoms with E-state index in [2.05, 4.69) is 20.6 Å². The zero-order valence-corrected chi connectivity index (χ0v) is 15.1. The molecule has 0 aromatic carbocycles. The number of hydrogen-bond acceptors (Lipinski definition) is 5. The second-order valence-electron chi connectivity index (χ2n) is 7.08. The summed E-state index contributed by atoms with van der Waals surface area (Å²) in [6.45, 7) is 1.93. The van der Waals surface area contributed by atoms with Crippen LogP contribution in [0, 0.1) is 6.92 Å². The first kappa shape index (κ1) is 17.3. The molecule has 1 saturated heterocycles. The van der Waals surface area contributed by atoms with E-state index in [1.807, 2.05) is 13.0 Å². The minimum Gasteiger partial charge on any atom is -0.365 e. The molecule has 4 N–H and O–H groups in total. The van der Waals surface area contributed by atoms with Gasteiger partial charge in [-0.2, -0.15) is 0 Å². The maximum atomic E-state index is 12.5. The van der Waals surface area contributed by atoms with E-state index in [9.17, 15) is 9.59 Å². The standard InChI is InChI=1S/C19H22N6O2/c1-11-8-12(10-21-9-11)22-18-13(17(20)26)6-7-16(24-18)25-15-5-3-2-4-14(15)23-19(25)27/h6-10,14-15H,2-5H2,1H3,(H2,20,26)(H,22,24)(H,23,27)/t14-,15+/m0/s1. The van der Waals surface area contributed by atoms with E-state index < -0.39 is 5.91 Å². The molecular formula is C19H22N6O2. The Bertz CT molecular complexity index is 900. The summed E-state index contributed by atoms with van der Waals surface area (Å²) < 4.78 is 0. The molecule has 2 aliphatic rings. The molecule has 3 heterocycles. The smallest absolute Gasteiger partial charge is 0.323 e. The monoisotopic (exact) mass is 366 g/mol. The van der Waals surface area contributed by atoms with Crippen molar-refractivity contribution in [3.05, 3.63) is 41.7 Å². The molecule has 27 heavy (non-hydrogen) atoms. The number of urea groups is 1. The number of carbonyl (C=O) groups is 2. The summed E-state index contributed by atoms with van der Waals surface area (Å²) in [6.07, 6.45) is 7.51. The molecule has 8 heteroatoms. The van der Waals surface area contributed by atoms with E-state index >= 15 is 0 Å². The van der Waals surface area contributed by atoms with Gasteiger partial charge in [-0.1, -0.05) is 12.8 Å². The van der Waals surface area contributed by atoms with E-state index in [4.69, 9.17) is 5.73 Å². The van der Waals surface area contributed by atoms with Gasteiger partial charge in [-0.25, -0.2) is 9.78 Å². The highest BCUT2D eigenvalue weighted by atomic mass is 16.2. The van der Waals surface area contributed by atoms with Crippen molar-refractivity contribution in [1.29, 1.82) is 0 Å². The largest absolute Gasteiger partial charge is 0.365 e. The van der Waals surface area contributed by atoms with Gasteiger partial charge in [0.15, 0.2) is 0 Å². The Kier molecular flexibility index (Phi) is 4.39. The topological polar surface area (TPSA) is 113 Å². The molecule has 1 saturated carbocycles. The molecule has 1 aliphatic carbocycles. The van der Waals surface area contributed by atoms with Crippen LogP contribution in [-0.2, 0) is 0 Å². The Morgan fingerprint density at radius 3 is 2.89 bits per heavy atom. The van der Waals surface area contributed by atoms with Gasteiger partial charge in [0.25, 0.3) is 5.91 Å². The van der Waals surface area contributed by atoms with Crippen molar-refractivity contribution in [3.63, 3.8) is 0 Å². The SMILES string of the molecule is Cc1cncc(Nc2nc(N3C(=O)N[C@H]4CCCC[C@H]43)ccc2C(N)=O)c1. The number of carbonyl (C=O) groups excluding carboxylic acids is 2. The minimum absolute atomic E-state index is 0.0895. The van der Waals surface area contributed by atoms with Crippen molar-refractivity contribution >= 4 is 29.3 Å². The van der Waals surface area contributed by atoms with Crippen molar-refractivity contribution < 1.29 is 9.59 Å². The summed E-state index contributed by atoms with van der Waals surface area (Å²) in [7, 11) is 0. The first-order valence-corrected chi connectivity index (χ1v) is 9.12. The number of fused-ring (bicyclic) bond motifs is 1. The number of nitrogens with two attached hydrogens (primary N) is 1. The van der Waals surface area contributed by atoms with Crippen LogP contribution in [0.2, 0.25) is 0 Å². The fourth-order valence-electron chi connectivity index (χ4n) is 3.88. The van der Waals surface area contributed by atoms with E-state index in [1.165, 1.54) is 0 Å². The number of nitrogens with zero attached hydrogens (tertiary/aromatic N) is 3. The third-order valence-corrected chi connectivity index (χ3v) is 5.12. The highest BCUT2D eigenvalue weighted by molar-refractivity contribution is 6.00. The maximum Gasteiger partial charge on any atom is 0.323 e. The number of pyridine rings is 2. The lowest BCUT2D eigenvalue weighted by atomic mass is 9.91. The van der Waals surface area contributed by atoms with Crippen molar-refractivity contribution in [2.75, 3.05) is 10.2 Å². The van der Waals surface area contributed by atoms with Gasteiger partial charge < -0.3 is 16.4 Å². The zero-order valence-electron chi connectivity index (χ0n) is 15.1. The number of aromatic nitrogens is 2. The highest BCUT2D eigenvalue weighted by Gasteiger charge is 2.42. The lowest BCUT2D eigenvalue weighted by Crippen LogP contribution is -2.39. The van der Waals surface area contributed by atoms with Crippen LogP contribution in [0.5, 0.6) is 0 Å². The molecule has 4 rings (SSSR count). The van der Waals surface area contributed by atoms with Gasteiger partial charge in [0.05, 0.1) is 29.5 Å². The number of amides is 3. The van der Waals surface area contributed by atoms with Crippen molar-refractivity contribution in [3.8, 4) is 0 Å². The van der Waals surface area contributed by atoms with E-state index in [0.717, 1.165) is 31.2 Å². The van der Waals surface area contributed by atoms with E-state index in [1.54, 1.807) is 29.4 Å². The van der Waals surface area contributed by atoms with Crippen molar-refractivity contribution in [2.24, 2.45) is 5.73 Å². The lowest BCUT2D eigenvalue weighted by Gasteiger charge is -2.29. The van der Waals surface area contributed by atoms with Crippen LogP contribution in [0.25, 0.3) is 0 Å². The van der Waals surface area contributed by atoms with Gasteiger partial charge >= 0.3 is 6.03 Å². The molecular weight excluding hydrogens is 344 g/mol. The van der Waals surface area contributed by atoms with E-state index in [-0.39, 0.29) is 23.7 Å². The molecule has 2 atom stereocenters. The molecule has 0 unspecified atom stereocenters. The second-order valence-corrected chi connectivity index (χ2v) is 7.08. The fourth-order valence-corrected chi connectivity index (χ4v) is 3.88. The Hall–Kier alpha value is -3.16. The quantitative estimate of drug-likeness (QED) is 0.769. The van der Waals surface area contributed by atoms with Gasteiger partial charge in [-0.05, 0) is 43.5 Å². The zero-order chi connectivity index (χ0) is 19.0. The normalized spacial score (nSPS) is 21.5. The highest BCUT2D eigenvalue weighted by Crippen LogP contribution is 2.32. The van der Waals surface area contributed by atoms with Crippen LogP contribution in [0.3, 0.4) is 0 Å². The number of nitrogens with one attached hydrogen (secondary N) is 2. The van der Waals surface area contributed by atoms with Crippen LogP contribution in [0.1, 0.15) is 41.6 Å². The van der Waals surface area contributed by atoms with Gasteiger partial charge in [0.2, 0.25) is 0 Å². The molecule has 8 nitrogen and oxygen atoms in total. The Morgan fingerprint density at radius 2 is 2.11 bits per heavy atom. The second kappa shape index (κ2) is 6.86. The van der Waals surface area contributed by atoms with Crippen LogP contribution in [-0.4, -0.2) is 34.0 Å². The summed E-state index contributed by atoms with van der Waals surface area (Å²) in [4.78, 5) is 34.8. The number of primary amides is 1. The van der Waals surface area contributed by atoms with Crippen LogP contribution in [0.15, 0.2) is 30.6 Å². The molecule has 0 radical (unpaired) electrons. The Morgan fingerprint density at radius 1 is 1.30 bits per heavy atom. The first-order chi connectivity index (χ1) is 13.0. The van der Waals surface area contributed by atoms with Crippen LogP contribution < -0.4 is 21.3 Å². The number of anilines is 3. The maximum absolute atomic E-state index is 12.5. The molecule has 2 aromatic heterocycles. The van der Waals surface area contributed by atoms with Gasteiger partial charge in [-0.3, -0.25) is 14.7 Å². The summed E-state index contributed by atoms with van der Waals surface area (Å²) >= 11 is 0. The van der Waals surface area contributed by atoms with Crippen molar-refractivity contribution in [2.45, 2.75) is 44.7 Å². The molecule has 3 amide bonds. The number of hydrogen-bond donors (Lipinski definition) is 3. The molecule has 0 spiro atoms. The summed E-state index contributed by atoms with van der Waals surface area (Å²) in [5, 5.41) is 6.16. The van der Waals surface area contributed by atoms with Crippen molar-refractivity contribution in [1.82, 2.24) is 15.3 Å². The predicted molar refractivity (Wildman–Crippen MR) is 102 cm³/mol. The van der Waals surface area contributed by atoms with Crippen LogP contribution in [0.4, 0.5) is 22.1 Å². The number of aryl methyl sites for hydroxylation is 1. The Labute approximate surface area is 157 Å². The molecule has 2 fully saturated rings. The third-order valence-electron chi connectivity index (χ3n) is 5.12. The average Bonchev–Trinajstić information content (AvgIpc) is 2.97. The van der Waals surface area contributed by atoms with Gasteiger partial charge in [-0.15, -0.1) is 0 Å². The van der Waals surface area contributed by atoms with Gasteiger partial charge in [0, 0.05) is 6.20 Å². The summed E-state index contributed by atoms with van der Waals surface area (Å²) in [6, 6.07) is 5.28.